The minimum absolute atomic E-state index is 0.100. The molecule has 0 aliphatic carbocycles. The van der Waals surface area contributed by atoms with Crippen molar-refractivity contribution in [3.05, 3.63) is 24.1 Å². The highest BCUT2D eigenvalue weighted by molar-refractivity contribution is 8.00. The van der Waals surface area contributed by atoms with Gasteiger partial charge in [-0.1, -0.05) is 16.9 Å². The number of nitrogens with one attached hydrogen (secondary N) is 1. The van der Waals surface area contributed by atoms with Crippen LogP contribution in [0.15, 0.2) is 27.9 Å². The summed E-state index contributed by atoms with van der Waals surface area (Å²) in [6.07, 6.45) is -2.48. The maximum atomic E-state index is 15.3. The van der Waals surface area contributed by atoms with Crippen LogP contribution < -0.4 is 5.32 Å². The SMILES string of the molecule is Cn1nc(C(F)(F)F)cc1S[C@@](C)(F)C1CCN(C(=O)Nc2ccon2)CC1. The van der Waals surface area contributed by atoms with Gasteiger partial charge in [0, 0.05) is 38.2 Å². The Morgan fingerprint density at radius 1 is 1.32 bits per heavy atom. The molecule has 3 rings (SSSR count). The van der Waals surface area contributed by atoms with Crippen LogP contribution in [-0.4, -0.2) is 44.0 Å². The zero-order valence-corrected chi connectivity index (χ0v) is 16.0. The summed E-state index contributed by atoms with van der Waals surface area (Å²) in [5.41, 5.74) is -1.05. The fraction of sp³-hybridized carbons (Fsp3) is 0.562. The van der Waals surface area contributed by atoms with Gasteiger partial charge in [-0.3, -0.25) is 10.00 Å². The second-order valence-electron chi connectivity index (χ2n) is 6.65. The second-order valence-corrected chi connectivity index (χ2v) is 8.07. The minimum atomic E-state index is -4.58. The average Bonchev–Trinajstić information content (AvgIpc) is 3.24. The maximum Gasteiger partial charge on any atom is 0.435 e. The molecule has 0 aromatic carbocycles. The van der Waals surface area contributed by atoms with E-state index in [0.717, 1.165) is 22.5 Å². The first-order valence-electron chi connectivity index (χ1n) is 8.52. The van der Waals surface area contributed by atoms with E-state index in [9.17, 15) is 18.0 Å². The molecule has 7 nitrogen and oxygen atoms in total. The molecule has 0 saturated carbocycles. The topological polar surface area (TPSA) is 76.2 Å². The van der Waals surface area contributed by atoms with Gasteiger partial charge in [0.1, 0.15) is 6.26 Å². The predicted molar refractivity (Wildman–Crippen MR) is 93.4 cm³/mol. The van der Waals surface area contributed by atoms with Crippen molar-refractivity contribution in [2.24, 2.45) is 13.0 Å². The highest BCUT2D eigenvalue weighted by atomic mass is 32.2. The molecule has 1 aliphatic rings. The first kappa shape index (κ1) is 20.5. The molecule has 0 radical (unpaired) electrons. The Hall–Kier alpha value is -2.24. The molecule has 1 N–H and O–H groups in total. The zero-order valence-electron chi connectivity index (χ0n) is 15.2. The molecule has 0 bridgehead atoms. The van der Waals surface area contributed by atoms with E-state index in [1.54, 1.807) is 0 Å². The largest absolute Gasteiger partial charge is 0.435 e. The molecular formula is C16H19F4N5O2S. The van der Waals surface area contributed by atoms with Gasteiger partial charge in [-0.2, -0.15) is 18.3 Å². The van der Waals surface area contributed by atoms with Crippen LogP contribution in [0.25, 0.3) is 0 Å². The monoisotopic (exact) mass is 421 g/mol. The van der Waals surface area contributed by atoms with Crippen molar-refractivity contribution in [1.82, 2.24) is 19.8 Å². The maximum absolute atomic E-state index is 15.3. The van der Waals surface area contributed by atoms with Crippen LogP contribution in [0.2, 0.25) is 0 Å². The van der Waals surface area contributed by atoms with Crippen LogP contribution in [-0.2, 0) is 13.2 Å². The Balaban J connectivity index is 1.58. The Morgan fingerprint density at radius 2 is 2.00 bits per heavy atom. The number of aromatic nitrogens is 3. The quantitative estimate of drug-likeness (QED) is 0.593. The molecule has 0 spiro atoms. The fourth-order valence-electron chi connectivity index (χ4n) is 3.04. The Kier molecular flexibility index (Phi) is 5.60. The van der Waals surface area contributed by atoms with Crippen LogP contribution in [0.3, 0.4) is 0 Å². The molecule has 1 atom stereocenters. The van der Waals surface area contributed by atoms with Crippen molar-refractivity contribution >= 4 is 23.6 Å². The predicted octanol–water partition coefficient (Wildman–Crippen LogP) is 4.15. The minimum Gasteiger partial charge on any atom is -0.363 e. The van der Waals surface area contributed by atoms with Crippen molar-refractivity contribution < 1.29 is 26.9 Å². The summed E-state index contributed by atoms with van der Waals surface area (Å²) in [7, 11) is 1.35. The van der Waals surface area contributed by atoms with Gasteiger partial charge < -0.3 is 9.42 Å². The van der Waals surface area contributed by atoms with Gasteiger partial charge in [-0.25, -0.2) is 9.18 Å². The van der Waals surface area contributed by atoms with Gasteiger partial charge in [-0.05, 0) is 19.8 Å². The molecule has 154 valence electrons. The van der Waals surface area contributed by atoms with Crippen LogP contribution >= 0.6 is 11.8 Å². The standard InChI is InChI=1S/C16H19F4N5O2S/c1-15(17,28-13-9-11(16(18,19)20)22-24(13)2)10-3-6-25(7-4-10)14(26)21-12-5-8-27-23-12/h5,8-10H,3-4,6-7H2,1-2H3,(H,21,23,26)/t15-/m1/s1. The first-order valence-corrected chi connectivity index (χ1v) is 9.33. The van der Waals surface area contributed by atoms with Crippen LogP contribution in [0.1, 0.15) is 25.5 Å². The van der Waals surface area contributed by atoms with Gasteiger partial charge in [0.05, 0.1) is 5.03 Å². The highest BCUT2D eigenvalue weighted by Gasteiger charge is 2.41. The third-order valence-electron chi connectivity index (χ3n) is 4.62. The van der Waals surface area contributed by atoms with E-state index in [1.165, 1.54) is 31.2 Å². The number of aryl methyl sites for hydroxylation is 1. The number of piperidine rings is 1. The highest BCUT2D eigenvalue weighted by Crippen LogP contribution is 2.45. The van der Waals surface area contributed by atoms with Crippen LogP contribution in [0.5, 0.6) is 0 Å². The molecule has 2 aromatic rings. The van der Waals surface area contributed by atoms with E-state index in [2.05, 4.69) is 20.1 Å². The van der Waals surface area contributed by atoms with Crippen molar-refractivity contribution in [3.8, 4) is 0 Å². The number of hydrogen-bond acceptors (Lipinski definition) is 5. The molecule has 12 heteroatoms. The number of urea groups is 1. The Morgan fingerprint density at radius 3 is 2.54 bits per heavy atom. The summed E-state index contributed by atoms with van der Waals surface area (Å²) in [5.74, 6) is -0.132. The number of anilines is 1. The molecule has 2 aromatic heterocycles. The normalized spacial score (nSPS) is 18.1. The van der Waals surface area contributed by atoms with E-state index in [0.29, 0.717) is 25.9 Å². The van der Waals surface area contributed by atoms with Crippen molar-refractivity contribution in [2.75, 3.05) is 18.4 Å². The number of carbonyl (C=O) groups is 1. The number of amides is 2. The average molecular weight is 421 g/mol. The van der Waals surface area contributed by atoms with E-state index < -0.39 is 22.8 Å². The molecule has 3 heterocycles. The molecule has 2 amide bonds. The number of rotatable bonds is 4. The van der Waals surface area contributed by atoms with Gasteiger partial charge in [0.2, 0.25) is 0 Å². The molecule has 1 aliphatic heterocycles. The molecule has 28 heavy (non-hydrogen) atoms. The number of carbonyl (C=O) groups excluding carboxylic acids is 1. The van der Waals surface area contributed by atoms with E-state index in [1.807, 2.05) is 0 Å². The third-order valence-corrected chi connectivity index (χ3v) is 5.94. The Bertz CT molecular complexity index is 814. The van der Waals surface area contributed by atoms with E-state index in [4.69, 9.17) is 0 Å². The summed E-state index contributed by atoms with van der Waals surface area (Å²) >= 11 is 0.722. The number of thioether (sulfide) groups is 1. The summed E-state index contributed by atoms with van der Waals surface area (Å²) in [4.78, 5) is 13.7. The molecule has 1 saturated heterocycles. The van der Waals surface area contributed by atoms with Crippen LogP contribution in [0, 0.1) is 5.92 Å². The number of halogens is 4. The Labute approximate surface area is 162 Å². The van der Waals surface area contributed by atoms with E-state index in [-0.39, 0.29) is 16.9 Å². The van der Waals surface area contributed by atoms with Gasteiger partial charge in [0.25, 0.3) is 0 Å². The van der Waals surface area contributed by atoms with Crippen molar-refractivity contribution in [2.45, 2.75) is 36.0 Å². The number of hydrogen-bond donors (Lipinski definition) is 1. The van der Waals surface area contributed by atoms with Gasteiger partial charge >= 0.3 is 12.2 Å². The zero-order chi connectivity index (χ0) is 20.5. The lowest BCUT2D eigenvalue weighted by Gasteiger charge is -2.37. The lowest BCUT2D eigenvalue weighted by atomic mass is 9.92. The number of alkyl halides is 4. The van der Waals surface area contributed by atoms with Gasteiger partial charge in [-0.15, -0.1) is 0 Å². The molecule has 1 fully saturated rings. The van der Waals surface area contributed by atoms with E-state index >= 15 is 4.39 Å². The summed E-state index contributed by atoms with van der Waals surface area (Å²) in [5, 5.41) is 7.88. The van der Waals surface area contributed by atoms with Crippen LogP contribution in [0.4, 0.5) is 28.2 Å². The molecule has 0 unspecified atom stereocenters. The summed E-state index contributed by atoms with van der Waals surface area (Å²) in [6, 6.07) is 1.99. The third kappa shape index (κ3) is 4.59. The van der Waals surface area contributed by atoms with Gasteiger partial charge in [0.15, 0.2) is 16.5 Å². The summed E-state index contributed by atoms with van der Waals surface area (Å²) < 4.78 is 59.3. The number of nitrogens with zero attached hydrogens (tertiary/aromatic N) is 4. The number of likely N-dealkylation sites (tertiary alicyclic amines) is 1. The second kappa shape index (κ2) is 7.64. The van der Waals surface area contributed by atoms with Crippen molar-refractivity contribution in [1.29, 1.82) is 0 Å². The lowest BCUT2D eigenvalue weighted by Crippen LogP contribution is -2.44. The van der Waals surface area contributed by atoms with Crippen molar-refractivity contribution in [3.63, 3.8) is 0 Å². The lowest BCUT2D eigenvalue weighted by molar-refractivity contribution is -0.141. The smallest absolute Gasteiger partial charge is 0.363 e. The fourth-order valence-corrected chi connectivity index (χ4v) is 4.19. The first-order chi connectivity index (χ1) is 13.1. The summed E-state index contributed by atoms with van der Waals surface area (Å²) in [6.45, 7) is 2.01. The molecular weight excluding hydrogens is 402 g/mol.